The summed E-state index contributed by atoms with van der Waals surface area (Å²) in [5.74, 6) is -5.51. The van der Waals surface area contributed by atoms with Gasteiger partial charge in [-0.1, -0.05) is 6.07 Å². The Morgan fingerprint density at radius 1 is 0.974 bits per heavy atom. The molecule has 2 saturated heterocycles. The molecule has 2 aromatic heterocycles. The highest BCUT2D eigenvalue weighted by Gasteiger charge is 2.40. The normalized spacial score (nSPS) is 18.1. The number of aliphatic carboxylic acids is 2. The first-order chi connectivity index (χ1) is 17.7. The molecule has 0 aliphatic carbocycles. The summed E-state index contributed by atoms with van der Waals surface area (Å²) >= 11 is 1.75. The zero-order valence-corrected chi connectivity index (χ0v) is 20.7. The van der Waals surface area contributed by atoms with Crippen LogP contribution < -0.4 is 0 Å². The lowest BCUT2D eigenvalue weighted by Crippen LogP contribution is -2.56. The molecule has 2 aliphatic rings. The van der Waals surface area contributed by atoms with Crippen molar-refractivity contribution in [2.45, 2.75) is 43.9 Å². The van der Waals surface area contributed by atoms with Gasteiger partial charge in [0, 0.05) is 56.7 Å². The maximum Gasteiger partial charge on any atom is 0.490 e. The zero-order chi connectivity index (χ0) is 28.4. The third-order valence-electron chi connectivity index (χ3n) is 5.55. The molecule has 0 atom stereocenters. The first-order valence-electron chi connectivity index (χ1n) is 11.2. The minimum Gasteiger partial charge on any atom is -0.475 e. The summed E-state index contributed by atoms with van der Waals surface area (Å²) in [6.07, 6.45) is -2.24. The number of alkyl halides is 6. The summed E-state index contributed by atoms with van der Waals surface area (Å²) in [7, 11) is 0. The Bertz CT molecular complexity index is 976. The van der Waals surface area contributed by atoms with Crippen LogP contribution in [0.2, 0.25) is 0 Å². The number of thiazole rings is 1. The maximum atomic E-state index is 10.6. The molecule has 38 heavy (non-hydrogen) atoms. The van der Waals surface area contributed by atoms with Gasteiger partial charge in [0.15, 0.2) is 0 Å². The van der Waals surface area contributed by atoms with Crippen molar-refractivity contribution in [1.29, 1.82) is 0 Å². The Labute approximate surface area is 217 Å². The van der Waals surface area contributed by atoms with Crippen molar-refractivity contribution in [3.63, 3.8) is 0 Å². The van der Waals surface area contributed by atoms with E-state index in [-0.39, 0.29) is 5.60 Å². The zero-order valence-electron chi connectivity index (χ0n) is 19.9. The Hall–Kier alpha value is -2.82. The summed E-state index contributed by atoms with van der Waals surface area (Å²) in [5.41, 5.74) is 1.33. The standard InChI is InChI=1S/C18H24N4OS.2C2HF3O2/c1-2-16(12-19-5-1)13-22-9-10-23-18(15-22)3-7-21(8-4-18)14-17-20-6-11-24-17;2*3-2(4,5)1(6)7/h1-2,5-6,11-12H,3-4,7-10,13-15H2;2*(H,6,7). The number of ether oxygens (including phenoxy) is 1. The molecule has 0 saturated carbocycles. The summed E-state index contributed by atoms with van der Waals surface area (Å²) < 4.78 is 69.7. The monoisotopic (exact) mass is 572 g/mol. The number of morpholine rings is 1. The molecule has 0 bridgehead atoms. The van der Waals surface area contributed by atoms with Gasteiger partial charge in [-0.25, -0.2) is 14.6 Å². The Morgan fingerprint density at radius 2 is 1.58 bits per heavy atom. The number of aromatic nitrogens is 2. The van der Waals surface area contributed by atoms with Crippen molar-refractivity contribution in [2.75, 3.05) is 32.8 Å². The highest BCUT2D eigenvalue weighted by Crippen LogP contribution is 2.31. The third kappa shape index (κ3) is 10.9. The molecule has 4 heterocycles. The van der Waals surface area contributed by atoms with Crippen LogP contribution in [-0.2, 0) is 27.4 Å². The van der Waals surface area contributed by atoms with Crippen LogP contribution in [0.25, 0.3) is 0 Å². The minimum absolute atomic E-state index is 0.0415. The smallest absolute Gasteiger partial charge is 0.475 e. The van der Waals surface area contributed by atoms with Crippen LogP contribution in [0, 0.1) is 0 Å². The molecule has 2 aromatic rings. The topological polar surface area (TPSA) is 116 Å². The molecule has 16 heteroatoms. The lowest BCUT2D eigenvalue weighted by atomic mass is 9.89. The molecule has 1 spiro atoms. The molecule has 0 radical (unpaired) electrons. The van der Waals surface area contributed by atoms with E-state index in [1.165, 1.54) is 10.6 Å². The highest BCUT2D eigenvalue weighted by molar-refractivity contribution is 7.09. The van der Waals surface area contributed by atoms with Crippen LogP contribution in [0.4, 0.5) is 26.3 Å². The van der Waals surface area contributed by atoms with E-state index in [9.17, 15) is 26.3 Å². The van der Waals surface area contributed by atoms with Crippen molar-refractivity contribution in [2.24, 2.45) is 0 Å². The molecule has 212 valence electrons. The molecule has 9 nitrogen and oxygen atoms in total. The fourth-order valence-corrected chi connectivity index (χ4v) is 4.41. The maximum absolute atomic E-state index is 10.6. The van der Waals surface area contributed by atoms with E-state index in [0.717, 1.165) is 58.7 Å². The number of rotatable bonds is 4. The molecule has 0 unspecified atom stereocenters. The van der Waals surface area contributed by atoms with Crippen molar-refractivity contribution < 1.29 is 50.9 Å². The van der Waals surface area contributed by atoms with Gasteiger partial charge in [0.05, 0.1) is 18.8 Å². The first kappa shape index (κ1) is 31.4. The van der Waals surface area contributed by atoms with E-state index >= 15 is 0 Å². The number of halogens is 6. The number of nitrogens with zero attached hydrogens (tertiary/aromatic N) is 4. The number of piperidine rings is 1. The van der Waals surface area contributed by atoms with Crippen molar-refractivity contribution in [3.05, 3.63) is 46.7 Å². The van der Waals surface area contributed by atoms with Gasteiger partial charge in [0.2, 0.25) is 0 Å². The summed E-state index contributed by atoms with van der Waals surface area (Å²) in [4.78, 5) is 31.5. The van der Waals surface area contributed by atoms with Gasteiger partial charge in [-0.3, -0.25) is 14.8 Å². The van der Waals surface area contributed by atoms with E-state index in [2.05, 4.69) is 31.2 Å². The van der Waals surface area contributed by atoms with Gasteiger partial charge >= 0.3 is 24.3 Å². The van der Waals surface area contributed by atoms with Gasteiger partial charge in [0.1, 0.15) is 5.01 Å². The van der Waals surface area contributed by atoms with Crippen LogP contribution >= 0.6 is 11.3 Å². The second-order valence-electron chi connectivity index (χ2n) is 8.41. The molecule has 2 fully saturated rings. The molecule has 2 N–H and O–H groups in total. The Kier molecular flexibility index (Phi) is 11.4. The number of hydrogen-bond acceptors (Lipinski definition) is 8. The van der Waals surface area contributed by atoms with Gasteiger partial charge in [0.25, 0.3) is 0 Å². The van der Waals surface area contributed by atoms with Gasteiger partial charge in [-0.2, -0.15) is 26.3 Å². The molecular weight excluding hydrogens is 546 g/mol. The van der Waals surface area contributed by atoms with Crippen LogP contribution in [0.5, 0.6) is 0 Å². The largest absolute Gasteiger partial charge is 0.490 e. The number of likely N-dealkylation sites (tertiary alicyclic amines) is 1. The average Bonchev–Trinajstić information content (AvgIpc) is 3.34. The molecule has 0 amide bonds. The van der Waals surface area contributed by atoms with Crippen molar-refractivity contribution in [3.8, 4) is 0 Å². The van der Waals surface area contributed by atoms with Crippen LogP contribution in [0.15, 0.2) is 36.1 Å². The Balaban J connectivity index is 0.000000301. The van der Waals surface area contributed by atoms with Crippen LogP contribution in [-0.4, -0.2) is 92.7 Å². The number of carboxylic acids is 2. The van der Waals surface area contributed by atoms with E-state index in [1.54, 1.807) is 11.3 Å². The second-order valence-corrected chi connectivity index (χ2v) is 9.39. The molecular formula is C22H26F6N4O5S. The predicted octanol–water partition coefficient (Wildman–Crippen LogP) is 3.67. The van der Waals surface area contributed by atoms with Crippen molar-refractivity contribution in [1.82, 2.24) is 19.8 Å². The number of hydrogen-bond donors (Lipinski definition) is 2. The highest BCUT2D eigenvalue weighted by atomic mass is 32.1. The predicted molar refractivity (Wildman–Crippen MR) is 122 cm³/mol. The fourth-order valence-electron chi connectivity index (χ4n) is 3.75. The van der Waals surface area contributed by atoms with Crippen molar-refractivity contribution >= 4 is 23.3 Å². The summed E-state index contributed by atoms with van der Waals surface area (Å²) in [6.45, 7) is 7.04. The van der Waals surface area contributed by atoms with E-state index < -0.39 is 24.3 Å². The molecule has 0 aromatic carbocycles. The van der Waals surface area contributed by atoms with Gasteiger partial charge in [-0.05, 0) is 24.5 Å². The number of carboxylic acid groups (broad SMARTS) is 2. The van der Waals surface area contributed by atoms with Gasteiger partial charge < -0.3 is 14.9 Å². The quantitative estimate of drug-likeness (QED) is 0.530. The second kappa shape index (κ2) is 13.8. The molecule has 4 rings (SSSR count). The summed E-state index contributed by atoms with van der Waals surface area (Å²) in [5, 5.41) is 17.5. The van der Waals surface area contributed by atoms with E-state index in [0.29, 0.717) is 0 Å². The Morgan fingerprint density at radius 3 is 2.05 bits per heavy atom. The fraction of sp³-hybridized carbons (Fsp3) is 0.545. The van der Waals surface area contributed by atoms with Gasteiger partial charge in [-0.15, -0.1) is 11.3 Å². The van der Waals surface area contributed by atoms with E-state index in [4.69, 9.17) is 24.5 Å². The third-order valence-corrected chi connectivity index (χ3v) is 6.32. The first-order valence-corrected chi connectivity index (χ1v) is 12.0. The SMILES string of the molecule is O=C(O)C(F)(F)F.O=C(O)C(F)(F)F.c1cncc(CN2CCOC3(CCN(Cc4nccs4)CC3)C2)c1. The molecule has 2 aliphatic heterocycles. The number of carbonyl (C=O) groups is 2. The van der Waals surface area contributed by atoms with Crippen LogP contribution in [0.1, 0.15) is 23.4 Å². The minimum atomic E-state index is -5.08. The van der Waals surface area contributed by atoms with E-state index in [1.807, 2.05) is 24.7 Å². The average molecular weight is 573 g/mol. The summed E-state index contributed by atoms with van der Waals surface area (Å²) in [6, 6.07) is 4.18. The lowest BCUT2D eigenvalue weighted by molar-refractivity contribution is -0.193. The van der Waals surface area contributed by atoms with Crippen LogP contribution in [0.3, 0.4) is 0 Å². The lowest BCUT2D eigenvalue weighted by Gasteiger charge is -2.47. The number of pyridine rings is 1.